The Morgan fingerprint density at radius 1 is 1.44 bits per heavy atom. The van der Waals surface area contributed by atoms with Gasteiger partial charge in [-0.2, -0.15) is 0 Å². The van der Waals surface area contributed by atoms with Crippen molar-refractivity contribution in [2.75, 3.05) is 7.05 Å². The second-order valence-corrected chi connectivity index (χ2v) is 5.69. The fourth-order valence-electron chi connectivity index (χ4n) is 0.807. The monoisotopic (exact) mass is 260 g/mol. The standard InChI is InChI=1S/C8H12N4O2S2/c1-4(6(13)10-7(14)9-3)15-8-12-11-5(2)16-8/h4H,1-3H3,(H2,9,10,13,14). The van der Waals surface area contributed by atoms with Gasteiger partial charge in [-0.1, -0.05) is 23.1 Å². The lowest BCUT2D eigenvalue weighted by molar-refractivity contribution is -0.119. The third kappa shape index (κ3) is 3.78. The van der Waals surface area contributed by atoms with Crippen molar-refractivity contribution in [1.82, 2.24) is 20.8 Å². The summed E-state index contributed by atoms with van der Waals surface area (Å²) >= 11 is 2.70. The van der Waals surface area contributed by atoms with Crippen LogP contribution in [0.4, 0.5) is 4.79 Å². The van der Waals surface area contributed by atoms with Crippen molar-refractivity contribution in [2.45, 2.75) is 23.4 Å². The minimum atomic E-state index is -0.508. The van der Waals surface area contributed by atoms with Crippen LogP contribution < -0.4 is 10.6 Å². The number of hydrogen-bond donors (Lipinski definition) is 2. The van der Waals surface area contributed by atoms with Gasteiger partial charge in [0.25, 0.3) is 0 Å². The lowest BCUT2D eigenvalue weighted by Gasteiger charge is -2.08. The van der Waals surface area contributed by atoms with Crippen LogP contribution in [0.5, 0.6) is 0 Å². The molecule has 1 atom stereocenters. The van der Waals surface area contributed by atoms with Crippen molar-refractivity contribution in [3.8, 4) is 0 Å². The van der Waals surface area contributed by atoms with E-state index in [9.17, 15) is 9.59 Å². The largest absolute Gasteiger partial charge is 0.341 e. The summed E-state index contributed by atoms with van der Waals surface area (Å²) in [6.07, 6.45) is 0. The Labute approximate surface area is 101 Å². The lowest BCUT2D eigenvalue weighted by atomic mass is 10.4. The predicted molar refractivity (Wildman–Crippen MR) is 62.6 cm³/mol. The van der Waals surface area contributed by atoms with E-state index in [1.54, 1.807) is 6.92 Å². The first-order valence-corrected chi connectivity index (χ1v) is 6.22. The quantitative estimate of drug-likeness (QED) is 0.785. The van der Waals surface area contributed by atoms with Crippen LogP contribution in [0.25, 0.3) is 0 Å². The van der Waals surface area contributed by atoms with Gasteiger partial charge in [0.2, 0.25) is 5.91 Å². The highest BCUT2D eigenvalue weighted by molar-refractivity contribution is 8.02. The molecule has 0 aliphatic carbocycles. The second kappa shape index (κ2) is 5.80. The van der Waals surface area contributed by atoms with Crippen LogP contribution >= 0.6 is 23.1 Å². The van der Waals surface area contributed by atoms with E-state index >= 15 is 0 Å². The number of rotatable bonds is 3. The Morgan fingerprint density at radius 2 is 2.12 bits per heavy atom. The highest BCUT2D eigenvalue weighted by Crippen LogP contribution is 2.25. The number of urea groups is 1. The molecule has 0 aromatic carbocycles. The molecule has 0 fully saturated rings. The number of thioether (sulfide) groups is 1. The van der Waals surface area contributed by atoms with Crippen molar-refractivity contribution in [1.29, 1.82) is 0 Å². The van der Waals surface area contributed by atoms with Crippen LogP contribution in [-0.2, 0) is 4.79 Å². The number of hydrogen-bond acceptors (Lipinski definition) is 6. The normalized spacial score (nSPS) is 11.9. The molecule has 88 valence electrons. The molecule has 0 radical (unpaired) electrons. The first-order valence-electron chi connectivity index (χ1n) is 4.52. The van der Waals surface area contributed by atoms with Crippen LogP contribution in [-0.4, -0.2) is 34.4 Å². The maximum absolute atomic E-state index is 11.5. The number of aromatic nitrogens is 2. The average Bonchev–Trinajstić information content (AvgIpc) is 2.63. The van der Waals surface area contributed by atoms with Gasteiger partial charge in [-0.15, -0.1) is 10.2 Å². The molecule has 0 saturated carbocycles. The molecule has 1 heterocycles. The Bertz CT molecular complexity index is 393. The lowest BCUT2D eigenvalue weighted by Crippen LogP contribution is -2.41. The molecule has 0 saturated heterocycles. The van der Waals surface area contributed by atoms with Crippen LogP contribution in [0.1, 0.15) is 11.9 Å². The zero-order valence-electron chi connectivity index (χ0n) is 9.10. The summed E-state index contributed by atoms with van der Waals surface area (Å²) in [6.45, 7) is 3.55. The molecule has 0 aliphatic rings. The molecule has 8 heteroatoms. The maximum atomic E-state index is 11.5. The van der Waals surface area contributed by atoms with Gasteiger partial charge < -0.3 is 5.32 Å². The van der Waals surface area contributed by atoms with Crippen molar-refractivity contribution < 1.29 is 9.59 Å². The third-order valence-corrected chi connectivity index (χ3v) is 3.64. The molecule has 3 amide bonds. The highest BCUT2D eigenvalue weighted by atomic mass is 32.2. The van der Waals surface area contributed by atoms with Gasteiger partial charge in [0.15, 0.2) is 4.34 Å². The summed E-state index contributed by atoms with van der Waals surface area (Å²) in [5.74, 6) is -0.350. The summed E-state index contributed by atoms with van der Waals surface area (Å²) in [7, 11) is 1.45. The van der Waals surface area contributed by atoms with E-state index in [2.05, 4.69) is 20.8 Å². The zero-order valence-corrected chi connectivity index (χ0v) is 10.7. The molecule has 0 bridgehead atoms. The summed E-state index contributed by atoms with van der Waals surface area (Å²) < 4.78 is 0.719. The fraction of sp³-hybridized carbons (Fsp3) is 0.500. The van der Waals surface area contributed by atoms with E-state index in [0.29, 0.717) is 0 Å². The Balaban J connectivity index is 2.48. The van der Waals surface area contributed by atoms with Gasteiger partial charge in [0.05, 0.1) is 5.25 Å². The van der Waals surface area contributed by atoms with Crippen LogP contribution in [0, 0.1) is 6.92 Å². The van der Waals surface area contributed by atoms with Crippen molar-refractivity contribution >= 4 is 35.0 Å². The van der Waals surface area contributed by atoms with Crippen molar-refractivity contribution in [2.24, 2.45) is 0 Å². The molecule has 0 aliphatic heterocycles. The Kier molecular flexibility index (Phi) is 4.69. The number of nitrogens with one attached hydrogen (secondary N) is 2. The molecule has 1 aromatic heterocycles. The van der Waals surface area contributed by atoms with E-state index < -0.39 is 6.03 Å². The summed E-state index contributed by atoms with van der Waals surface area (Å²) in [5.41, 5.74) is 0. The van der Waals surface area contributed by atoms with Crippen molar-refractivity contribution in [3.63, 3.8) is 0 Å². The van der Waals surface area contributed by atoms with Crippen molar-refractivity contribution in [3.05, 3.63) is 5.01 Å². The van der Waals surface area contributed by atoms with Crippen LogP contribution in [0.3, 0.4) is 0 Å². The fourth-order valence-corrected chi connectivity index (χ4v) is 2.77. The van der Waals surface area contributed by atoms with Gasteiger partial charge in [-0.25, -0.2) is 4.79 Å². The molecule has 1 aromatic rings. The summed E-state index contributed by atoms with van der Waals surface area (Å²) in [5, 5.41) is 12.7. The minimum absolute atomic E-state index is 0.350. The Morgan fingerprint density at radius 3 is 2.62 bits per heavy atom. The molecule has 16 heavy (non-hydrogen) atoms. The Hall–Kier alpha value is -1.15. The van der Waals surface area contributed by atoms with Gasteiger partial charge in [-0.3, -0.25) is 10.1 Å². The van der Waals surface area contributed by atoms with Gasteiger partial charge in [0.1, 0.15) is 5.01 Å². The molecule has 1 unspecified atom stereocenters. The molecular weight excluding hydrogens is 248 g/mol. The average molecular weight is 260 g/mol. The molecule has 2 N–H and O–H groups in total. The number of amides is 3. The third-order valence-electron chi connectivity index (χ3n) is 1.62. The smallest absolute Gasteiger partial charge is 0.321 e. The van der Waals surface area contributed by atoms with E-state index in [1.165, 1.54) is 30.1 Å². The summed E-state index contributed by atoms with van der Waals surface area (Å²) in [6, 6.07) is -0.508. The number of nitrogens with zero attached hydrogens (tertiary/aromatic N) is 2. The second-order valence-electron chi connectivity index (χ2n) is 2.92. The predicted octanol–water partition coefficient (Wildman–Crippen LogP) is 0.783. The topological polar surface area (TPSA) is 84.0 Å². The number of imide groups is 1. The summed E-state index contributed by atoms with van der Waals surface area (Å²) in [4.78, 5) is 22.4. The molecule has 1 rings (SSSR count). The van der Waals surface area contributed by atoms with E-state index in [1.807, 2.05) is 6.92 Å². The highest BCUT2D eigenvalue weighted by Gasteiger charge is 2.18. The molecular formula is C8H12N4O2S2. The molecule has 0 spiro atoms. The van der Waals surface area contributed by atoms with E-state index in [0.717, 1.165) is 9.35 Å². The SMILES string of the molecule is CNC(=O)NC(=O)C(C)Sc1nnc(C)s1. The van der Waals surface area contributed by atoms with Gasteiger partial charge >= 0.3 is 6.03 Å². The van der Waals surface area contributed by atoms with Crippen LogP contribution in [0.2, 0.25) is 0 Å². The maximum Gasteiger partial charge on any atom is 0.321 e. The van der Waals surface area contributed by atoms with Gasteiger partial charge in [-0.05, 0) is 13.8 Å². The first kappa shape index (κ1) is 12.9. The van der Waals surface area contributed by atoms with Crippen LogP contribution in [0.15, 0.2) is 4.34 Å². The number of carbonyl (C=O) groups is 2. The first-order chi connectivity index (χ1) is 7.52. The number of carbonyl (C=O) groups excluding carboxylic acids is 2. The zero-order chi connectivity index (χ0) is 12.1. The van der Waals surface area contributed by atoms with E-state index in [-0.39, 0.29) is 11.2 Å². The number of aryl methyl sites for hydroxylation is 1. The van der Waals surface area contributed by atoms with E-state index in [4.69, 9.17) is 0 Å². The molecule has 6 nitrogen and oxygen atoms in total. The van der Waals surface area contributed by atoms with Gasteiger partial charge in [0, 0.05) is 7.05 Å². The minimum Gasteiger partial charge on any atom is -0.341 e.